The van der Waals surface area contributed by atoms with Gasteiger partial charge in [0.2, 0.25) is 17.6 Å². The number of hydrogen-bond donors (Lipinski definition) is 0. The molecule has 2 aromatic carbocycles. The molecule has 1 saturated heterocycles. The summed E-state index contributed by atoms with van der Waals surface area (Å²) in [7, 11) is 0. The molecule has 0 saturated carbocycles. The van der Waals surface area contributed by atoms with E-state index in [9.17, 15) is 9.18 Å². The molecule has 1 aliphatic heterocycles. The summed E-state index contributed by atoms with van der Waals surface area (Å²) in [5.41, 5.74) is 1.41. The van der Waals surface area contributed by atoms with E-state index >= 15 is 0 Å². The topological polar surface area (TPSA) is 59.2 Å². The van der Waals surface area contributed by atoms with Crippen LogP contribution < -0.4 is 4.90 Å². The number of halogens is 2. The average Bonchev–Trinajstić information content (AvgIpc) is 3.22. The second-order valence-electron chi connectivity index (χ2n) is 5.85. The highest BCUT2D eigenvalue weighted by Crippen LogP contribution is 2.32. The van der Waals surface area contributed by atoms with E-state index in [4.69, 9.17) is 16.1 Å². The van der Waals surface area contributed by atoms with Crippen LogP contribution in [-0.4, -0.2) is 22.6 Å². The van der Waals surface area contributed by atoms with Crippen LogP contribution in [0.25, 0.3) is 11.4 Å². The minimum atomic E-state index is -0.328. The maximum absolute atomic E-state index is 13.0. The Morgan fingerprint density at radius 3 is 2.76 bits per heavy atom. The zero-order valence-corrected chi connectivity index (χ0v) is 13.8. The molecule has 0 aliphatic carbocycles. The summed E-state index contributed by atoms with van der Waals surface area (Å²) in [5, 5.41) is 4.51. The normalized spacial score (nSPS) is 17.3. The van der Waals surface area contributed by atoms with Gasteiger partial charge in [-0.15, -0.1) is 0 Å². The van der Waals surface area contributed by atoms with Gasteiger partial charge in [0.25, 0.3) is 0 Å². The van der Waals surface area contributed by atoms with Crippen molar-refractivity contribution in [3.05, 3.63) is 65.3 Å². The van der Waals surface area contributed by atoms with Crippen molar-refractivity contribution in [2.24, 2.45) is 0 Å². The van der Waals surface area contributed by atoms with E-state index in [-0.39, 0.29) is 24.1 Å². The van der Waals surface area contributed by atoms with E-state index in [2.05, 4.69) is 10.1 Å². The minimum absolute atomic E-state index is 0.0196. The second-order valence-corrected chi connectivity index (χ2v) is 6.28. The van der Waals surface area contributed by atoms with Gasteiger partial charge in [-0.2, -0.15) is 4.98 Å². The lowest BCUT2D eigenvalue weighted by Crippen LogP contribution is -2.24. The van der Waals surface area contributed by atoms with Gasteiger partial charge in [-0.25, -0.2) is 4.39 Å². The maximum Gasteiger partial charge on any atom is 0.232 e. The van der Waals surface area contributed by atoms with Crippen molar-refractivity contribution in [3.8, 4) is 11.4 Å². The van der Waals surface area contributed by atoms with Gasteiger partial charge in [0.1, 0.15) is 5.82 Å². The van der Waals surface area contributed by atoms with Crippen molar-refractivity contribution in [3.63, 3.8) is 0 Å². The van der Waals surface area contributed by atoms with Crippen molar-refractivity contribution in [2.75, 3.05) is 11.4 Å². The van der Waals surface area contributed by atoms with Gasteiger partial charge in [-0.3, -0.25) is 4.79 Å². The Morgan fingerprint density at radius 2 is 2.00 bits per heavy atom. The summed E-state index contributed by atoms with van der Waals surface area (Å²) >= 11 is 6.00. The highest BCUT2D eigenvalue weighted by Gasteiger charge is 2.35. The molecular weight excluding hydrogens is 345 g/mol. The Balaban J connectivity index is 1.55. The third-order valence-electron chi connectivity index (χ3n) is 4.14. The molecule has 1 aromatic heterocycles. The van der Waals surface area contributed by atoms with E-state index in [1.165, 1.54) is 12.1 Å². The predicted octanol–water partition coefficient (Wildman–Crippen LogP) is 4.05. The fourth-order valence-electron chi connectivity index (χ4n) is 2.88. The van der Waals surface area contributed by atoms with Crippen LogP contribution in [0.3, 0.4) is 0 Å². The molecule has 126 valence electrons. The monoisotopic (exact) mass is 357 g/mol. The molecule has 1 unspecified atom stereocenters. The van der Waals surface area contributed by atoms with E-state index in [0.29, 0.717) is 28.8 Å². The number of anilines is 1. The number of amides is 1. The van der Waals surface area contributed by atoms with Gasteiger partial charge in [0.05, 0.1) is 5.92 Å². The number of rotatable bonds is 3. The summed E-state index contributed by atoms with van der Waals surface area (Å²) in [6, 6.07) is 13.0. The van der Waals surface area contributed by atoms with Crippen molar-refractivity contribution >= 4 is 23.2 Å². The van der Waals surface area contributed by atoms with Crippen LogP contribution in [0.2, 0.25) is 5.02 Å². The molecule has 0 radical (unpaired) electrons. The summed E-state index contributed by atoms with van der Waals surface area (Å²) in [6.45, 7) is 0.449. The third-order valence-corrected chi connectivity index (χ3v) is 4.37. The Kier molecular flexibility index (Phi) is 3.97. The van der Waals surface area contributed by atoms with Gasteiger partial charge in [0.15, 0.2) is 0 Å². The first-order valence-corrected chi connectivity index (χ1v) is 8.13. The molecule has 1 amide bonds. The van der Waals surface area contributed by atoms with Crippen molar-refractivity contribution in [1.29, 1.82) is 0 Å². The largest absolute Gasteiger partial charge is 0.339 e. The Morgan fingerprint density at radius 1 is 1.20 bits per heavy atom. The zero-order valence-electron chi connectivity index (χ0n) is 13.0. The highest BCUT2D eigenvalue weighted by atomic mass is 35.5. The lowest BCUT2D eigenvalue weighted by atomic mass is 10.1. The van der Waals surface area contributed by atoms with Crippen molar-refractivity contribution < 1.29 is 13.7 Å². The molecule has 2 heterocycles. The molecule has 1 atom stereocenters. The van der Waals surface area contributed by atoms with Crippen LogP contribution in [-0.2, 0) is 4.79 Å². The smallest absolute Gasteiger partial charge is 0.232 e. The van der Waals surface area contributed by atoms with Gasteiger partial charge in [-0.1, -0.05) is 22.8 Å². The quantitative estimate of drug-likeness (QED) is 0.709. The predicted molar refractivity (Wildman–Crippen MR) is 90.9 cm³/mol. The van der Waals surface area contributed by atoms with Gasteiger partial charge in [-0.05, 0) is 42.5 Å². The molecule has 1 fully saturated rings. The molecule has 1 aliphatic rings. The minimum Gasteiger partial charge on any atom is -0.339 e. The van der Waals surface area contributed by atoms with Crippen LogP contribution in [0, 0.1) is 5.82 Å². The first-order valence-electron chi connectivity index (χ1n) is 7.75. The molecule has 25 heavy (non-hydrogen) atoms. The number of hydrogen-bond acceptors (Lipinski definition) is 4. The molecule has 3 aromatic rings. The molecule has 5 nitrogen and oxygen atoms in total. The third kappa shape index (κ3) is 3.13. The van der Waals surface area contributed by atoms with Crippen LogP contribution >= 0.6 is 11.6 Å². The summed E-state index contributed by atoms with van der Waals surface area (Å²) in [6.07, 6.45) is 0.289. The van der Waals surface area contributed by atoms with Gasteiger partial charge in [0, 0.05) is 29.2 Å². The summed E-state index contributed by atoms with van der Waals surface area (Å²) < 4.78 is 18.3. The fraction of sp³-hybridized carbons (Fsp3) is 0.167. The molecule has 0 bridgehead atoms. The maximum atomic E-state index is 13.0. The molecule has 7 heteroatoms. The lowest BCUT2D eigenvalue weighted by Gasteiger charge is -2.16. The Hall–Kier alpha value is -2.73. The summed E-state index contributed by atoms with van der Waals surface area (Å²) in [4.78, 5) is 18.4. The van der Waals surface area contributed by atoms with E-state index < -0.39 is 0 Å². The van der Waals surface area contributed by atoms with E-state index in [0.717, 1.165) is 5.69 Å². The SMILES string of the molecule is O=C1CC(c2nc(-c3ccc(F)cc3)no2)CN1c1cccc(Cl)c1. The standard InChI is InChI=1S/C18H13ClFN3O2/c19-13-2-1-3-15(9-13)23-10-12(8-16(23)24)18-21-17(22-25-18)11-4-6-14(20)7-5-11/h1-7,9,12H,8,10H2. The van der Waals surface area contributed by atoms with Gasteiger partial charge < -0.3 is 9.42 Å². The molecule has 0 spiro atoms. The fourth-order valence-corrected chi connectivity index (χ4v) is 3.07. The highest BCUT2D eigenvalue weighted by molar-refractivity contribution is 6.30. The van der Waals surface area contributed by atoms with Crippen molar-refractivity contribution in [2.45, 2.75) is 12.3 Å². The molecule has 4 rings (SSSR count). The number of nitrogens with zero attached hydrogens (tertiary/aromatic N) is 3. The van der Waals surface area contributed by atoms with Crippen LogP contribution in [0.5, 0.6) is 0 Å². The number of carbonyl (C=O) groups excluding carboxylic acids is 1. The number of aromatic nitrogens is 2. The summed E-state index contributed by atoms with van der Waals surface area (Å²) in [5.74, 6) is 0.244. The van der Waals surface area contributed by atoms with Gasteiger partial charge >= 0.3 is 0 Å². The number of carbonyl (C=O) groups is 1. The van der Waals surface area contributed by atoms with Crippen LogP contribution in [0.4, 0.5) is 10.1 Å². The van der Waals surface area contributed by atoms with E-state index in [1.807, 2.05) is 6.07 Å². The van der Waals surface area contributed by atoms with Crippen LogP contribution in [0.1, 0.15) is 18.2 Å². The Labute approximate surface area is 148 Å². The Bertz CT molecular complexity index is 926. The van der Waals surface area contributed by atoms with Crippen LogP contribution in [0.15, 0.2) is 53.1 Å². The molecule has 0 N–H and O–H groups in total. The first kappa shape index (κ1) is 15.8. The van der Waals surface area contributed by atoms with E-state index in [1.54, 1.807) is 35.2 Å². The first-order chi connectivity index (χ1) is 12.1. The average molecular weight is 358 g/mol. The zero-order chi connectivity index (χ0) is 17.4. The van der Waals surface area contributed by atoms with Crippen molar-refractivity contribution in [1.82, 2.24) is 10.1 Å². The molecular formula is C18H13ClFN3O2. The second kappa shape index (κ2) is 6.29. The number of benzene rings is 2. The lowest BCUT2D eigenvalue weighted by molar-refractivity contribution is -0.117.